The summed E-state index contributed by atoms with van der Waals surface area (Å²) in [5.74, 6) is 1.07. The van der Waals surface area contributed by atoms with E-state index in [0.717, 1.165) is 0 Å². The number of rotatable bonds is 3. The number of nitrogens with zero attached hydrogens (tertiary/aromatic N) is 2. The minimum absolute atomic E-state index is 0.0859. The van der Waals surface area contributed by atoms with E-state index in [-0.39, 0.29) is 17.4 Å². The van der Waals surface area contributed by atoms with Gasteiger partial charge >= 0.3 is 0 Å². The number of hydrogen-bond donors (Lipinski definition) is 1. The van der Waals surface area contributed by atoms with E-state index in [2.05, 4.69) is 10.3 Å². The molecule has 1 aromatic heterocycles. The van der Waals surface area contributed by atoms with Crippen molar-refractivity contribution < 1.29 is 27.1 Å². The molecule has 1 saturated heterocycles. The molecule has 0 unspecified atom stereocenters. The molecule has 0 aliphatic carbocycles. The van der Waals surface area contributed by atoms with Crippen molar-refractivity contribution in [3.8, 4) is 11.5 Å². The normalized spacial score (nSPS) is 17.7. The van der Waals surface area contributed by atoms with E-state index in [1.807, 2.05) is 4.90 Å². The number of carbonyl (C=O) groups excluding carboxylic acids is 1. The molecule has 2 aliphatic rings. The van der Waals surface area contributed by atoms with Gasteiger partial charge in [-0.2, -0.15) is 4.98 Å². The van der Waals surface area contributed by atoms with Crippen LogP contribution in [0.15, 0.2) is 40.8 Å². The van der Waals surface area contributed by atoms with Crippen LogP contribution in [0.25, 0.3) is 11.1 Å². The number of anilines is 2. The van der Waals surface area contributed by atoms with Gasteiger partial charge < -0.3 is 24.1 Å². The van der Waals surface area contributed by atoms with Crippen molar-refractivity contribution in [1.29, 1.82) is 0 Å². The number of oxazole rings is 1. The Labute approximate surface area is 172 Å². The molecule has 156 valence electrons. The second-order valence-electron chi connectivity index (χ2n) is 7.13. The van der Waals surface area contributed by atoms with Gasteiger partial charge in [0.15, 0.2) is 26.9 Å². The first kappa shape index (κ1) is 18.7. The number of aromatic nitrogens is 1. The number of amides is 1. The molecule has 2 aliphatic heterocycles. The van der Waals surface area contributed by atoms with Crippen LogP contribution in [0, 0.1) is 0 Å². The first-order valence-electron chi connectivity index (χ1n) is 9.54. The zero-order valence-corrected chi connectivity index (χ0v) is 16.8. The molecule has 0 spiro atoms. The minimum Gasteiger partial charge on any atom is -0.486 e. The predicted molar refractivity (Wildman–Crippen MR) is 110 cm³/mol. The molecule has 1 N–H and O–H groups in total. The van der Waals surface area contributed by atoms with E-state index < -0.39 is 9.84 Å². The Bertz CT molecular complexity index is 1220. The van der Waals surface area contributed by atoms with Crippen molar-refractivity contribution in [2.24, 2.45) is 0 Å². The van der Waals surface area contributed by atoms with E-state index in [4.69, 9.17) is 13.9 Å². The first-order chi connectivity index (χ1) is 14.5. The van der Waals surface area contributed by atoms with Gasteiger partial charge in [0.25, 0.3) is 11.9 Å². The molecule has 2 aromatic carbocycles. The van der Waals surface area contributed by atoms with Gasteiger partial charge in [-0.05, 0) is 36.4 Å². The molecule has 0 atom stereocenters. The maximum Gasteiger partial charge on any atom is 0.298 e. The highest BCUT2D eigenvalue weighted by atomic mass is 32.2. The summed E-state index contributed by atoms with van der Waals surface area (Å²) in [6.45, 7) is 1.64. The Morgan fingerprint density at radius 2 is 1.77 bits per heavy atom. The average Bonchev–Trinajstić information content (AvgIpc) is 3.16. The van der Waals surface area contributed by atoms with E-state index in [1.165, 1.54) is 0 Å². The van der Waals surface area contributed by atoms with Gasteiger partial charge in [0.2, 0.25) is 0 Å². The summed E-state index contributed by atoms with van der Waals surface area (Å²) < 4.78 is 40.0. The Balaban J connectivity index is 1.33. The highest BCUT2D eigenvalue weighted by Crippen LogP contribution is 2.31. The average molecular weight is 429 g/mol. The number of nitrogens with one attached hydrogen (secondary N) is 1. The van der Waals surface area contributed by atoms with Crippen LogP contribution in [0.2, 0.25) is 0 Å². The van der Waals surface area contributed by atoms with Crippen LogP contribution in [0.4, 0.5) is 11.7 Å². The summed E-state index contributed by atoms with van der Waals surface area (Å²) in [5, 5.41) is 2.85. The summed E-state index contributed by atoms with van der Waals surface area (Å²) in [5.41, 5.74) is 2.17. The third-order valence-corrected chi connectivity index (χ3v) is 6.66. The molecule has 0 radical (unpaired) electrons. The second kappa shape index (κ2) is 7.21. The largest absolute Gasteiger partial charge is 0.486 e. The van der Waals surface area contributed by atoms with Gasteiger partial charge in [0, 0.05) is 24.3 Å². The van der Waals surface area contributed by atoms with Crippen molar-refractivity contribution in [1.82, 2.24) is 4.98 Å². The van der Waals surface area contributed by atoms with E-state index in [1.54, 1.807) is 36.4 Å². The predicted octanol–water partition coefficient (Wildman–Crippen LogP) is 2.09. The lowest BCUT2D eigenvalue weighted by Gasteiger charge is -2.24. The molecule has 0 bridgehead atoms. The molecular weight excluding hydrogens is 410 g/mol. The third kappa shape index (κ3) is 3.65. The van der Waals surface area contributed by atoms with Gasteiger partial charge in [-0.3, -0.25) is 4.79 Å². The van der Waals surface area contributed by atoms with Crippen LogP contribution in [0.1, 0.15) is 10.4 Å². The molecule has 1 fully saturated rings. The van der Waals surface area contributed by atoms with Crippen molar-refractivity contribution in [2.75, 3.05) is 48.0 Å². The van der Waals surface area contributed by atoms with Crippen LogP contribution in [0.3, 0.4) is 0 Å². The summed E-state index contributed by atoms with van der Waals surface area (Å²) >= 11 is 0. The first-order valence-corrected chi connectivity index (χ1v) is 11.4. The Kier molecular flexibility index (Phi) is 4.50. The topological polar surface area (TPSA) is 111 Å². The lowest BCUT2D eigenvalue weighted by molar-refractivity contribution is 0.102. The van der Waals surface area contributed by atoms with Gasteiger partial charge in [-0.15, -0.1) is 0 Å². The van der Waals surface area contributed by atoms with Crippen LogP contribution >= 0.6 is 0 Å². The monoisotopic (exact) mass is 429 g/mol. The number of carbonyl (C=O) groups is 1. The van der Waals surface area contributed by atoms with E-state index >= 15 is 0 Å². The third-order valence-electron chi connectivity index (χ3n) is 5.05. The van der Waals surface area contributed by atoms with Crippen molar-refractivity contribution >= 4 is 38.5 Å². The molecule has 0 saturated carbocycles. The minimum atomic E-state index is -2.98. The molecule has 9 nitrogen and oxygen atoms in total. The number of sulfone groups is 1. The van der Waals surface area contributed by atoms with Crippen LogP contribution < -0.4 is 19.7 Å². The zero-order valence-electron chi connectivity index (χ0n) is 16.0. The summed E-state index contributed by atoms with van der Waals surface area (Å²) in [6, 6.07) is 10.6. The zero-order chi connectivity index (χ0) is 20.7. The molecule has 10 heteroatoms. The number of benzene rings is 2. The Morgan fingerprint density at radius 1 is 1.00 bits per heavy atom. The Morgan fingerprint density at radius 3 is 2.57 bits per heavy atom. The lowest BCUT2D eigenvalue weighted by atomic mass is 10.1. The molecule has 5 rings (SSSR count). The van der Waals surface area contributed by atoms with Gasteiger partial charge in [-0.1, -0.05) is 0 Å². The smallest absolute Gasteiger partial charge is 0.298 e. The molecule has 3 heterocycles. The van der Waals surface area contributed by atoms with Gasteiger partial charge in [0.05, 0.1) is 11.5 Å². The van der Waals surface area contributed by atoms with Gasteiger partial charge in [0.1, 0.15) is 18.7 Å². The molecular formula is C20H19N3O6S. The maximum atomic E-state index is 12.6. The number of fused-ring (bicyclic) bond motifs is 2. The quantitative estimate of drug-likeness (QED) is 0.674. The van der Waals surface area contributed by atoms with Crippen molar-refractivity contribution in [2.45, 2.75) is 0 Å². The van der Waals surface area contributed by atoms with E-state index in [0.29, 0.717) is 66.2 Å². The second-order valence-corrected chi connectivity index (χ2v) is 9.43. The fourth-order valence-electron chi connectivity index (χ4n) is 3.42. The van der Waals surface area contributed by atoms with Crippen LogP contribution in [-0.4, -0.2) is 57.1 Å². The SMILES string of the molecule is O=C(Nc1ccc2oc(N3CCS(=O)(=O)CC3)nc2c1)c1ccc2c(c1)OCCO2. The lowest BCUT2D eigenvalue weighted by Crippen LogP contribution is -2.40. The summed E-state index contributed by atoms with van der Waals surface area (Å²) in [6.07, 6.45) is 0. The highest BCUT2D eigenvalue weighted by Gasteiger charge is 2.25. The summed E-state index contributed by atoms with van der Waals surface area (Å²) in [4.78, 5) is 18.9. The Hall–Kier alpha value is -3.27. The van der Waals surface area contributed by atoms with Crippen molar-refractivity contribution in [3.05, 3.63) is 42.0 Å². The highest BCUT2D eigenvalue weighted by molar-refractivity contribution is 7.91. The van der Waals surface area contributed by atoms with Crippen molar-refractivity contribution in [3.63, 3.8) is 0 Å². The molecule has 30 heavy (non-hydrogen) atoms. The number of hydrogen-bond acceptors (Lipinski definition) is 8. The van der Waals surface area contributed by atoms with Crippen LogP contribution in [-0.2, 0) is 9.84 Å². The van der Waals surface area contributed by atoms with Gasteiger partial charge in [-0.25, -0.2) is 8.42 Å². The fourth-order valence-corrected chi connectivity index (χ4v) is 4.62. The molecule has 1 amide bonds. The standard InChI is InChI=1S/C20H19N3O6S/c24-19(13-1-3-17-18(11-13)28-8-7-27-17)21-14-2-4-16-15(12-14)22-20(29-16)23-5-9-30(25,26)10-6-23/h1-4,11-12H,5-10H2,(H,21,24). The van der Waals surface area contributed by atoms with Crippen LogP contribution in [0.5, 0.6) is 11.5 Å². The maximum absolute atomic E-state index is 12.6. The number of ether oxygens (including phenoxy) is 2. The molecule has 3 aromatic rings. The van der Waals surface area contributed by atoms with E-state index in [9.17, 15) is 13.2 Å². The summed E-state index contributed by atoms with van der Waals surface area (Å²) in [7, 11) is -2.98. The fraction of sp³-hybridized carbons (Fsp3) is 0.300.